The highest BCUT2D eigenvalue weighted by Crippen LogP contribution is 2.34. The van der Waals surface area contributed by atoms with E-state index in [-0.39, 0.29) is 32.8 Å². The smallest absolute Gasteiger partial charge is 0.335 e. The summed E-state index contributed by atoms with van der Waals surface area (Å²) in [6.07, 6.45) is 1.32. The summed E-state index contributed by atoms with van der Waals surface area (Å²) in [5, 5.41) is 12.6. The maximum absolute atomic E-state index is 12.9. The SMILES string of the molecule is CCOc1cc(/C=C2\C(=O)NC(=O)N(c3ccc(Cl)c(Cl)c3)C2=O)cc(I)c1O. The van der Waals surface area contributed by atoms with Crippen LogP contribution in [0.5, 0.6) is 11.5 Å². The second kappa shape index (κ2) is 8.60. The van der Waals surface area contributed by atoms with Gasteiger partial charge in [0.15, 0.2) is 11.5 Å². The van der Waals surface area contributed by atoms with E-state index in [9.17, 15) is 19.5 Å². The van der Waals surface area contributed by atoms with E-state index < -0.39 is 17.8 Å². The molecule has 0 bridgehead atoms. The first-order valence-corrected chi connectivity index (χ1v) is 10.1. The van der Waals surface area contributed by atoms with Gasteiger partial charge in [0.1, 0.15) is 5.57 Å². The number of phenolic OH excluding ortho intramolecular Hbond substituents is 1. The fourth-order valence-corrected chi connectivity index (χ4v) is 3.54. The average molecular weight is 547 g/mol. The fraction of sp³-hybridized carbons (Fsp3) is 0.105. The molecule has 2 N–H and O–H groups in total. The van der Waals surface area contributed by atoms with Gasteiger partial charge in [-0.15, -0.1) is 0 Å². The van der Waals surface area contributed by atoms with Gasteiger partial charge in [-0.3, -0.25) is 14.9 Å². The zero-order valence-corrected chi connectivity index (χ0v) is 18.5. The largest absolute Gasteiger partial charge is 0.504 e. The number of carbonyl (C=O) groups is 3. The second-order valence-electron chi connectivity index (χ2n) is 5.84. The van der Waals surface area contributed by atoms with E-state index in [2.05, 4.69) is 5.32 Å². The van der Waals surface area contributed by atoms with Crippen molar-refractivity contribution in [2.45, 2.75) is 6.92 Å². The highest BCUT2D eigenvalue weighted by atomic mass is 127. The Morgan fingerprint density at radius 3 is 2.55 bits per heavy atom. The molecule has 7 nitrogen and oxygen atoms in total. The fourth-order valence-electron chi connectivity index (χ4n) is 2.63. The third-order valence-corrected chi connectivity index (χ3v) is 5.49. The molecule has 1 aliphatic rings. The number of nitrogens with zero attached hydrogens (tertiary/aromatic N) is 1. The number of amides is 4. The lowest BCUT2D eigenvalue weighted by molar-refractivity contribution is -0.122. The molecule has 0 radical (unpaired) electrons. The van der Waals surface area contributed by atoms with Crippen LogP contribution in [0.4, 0.5) is 10.5 Å². The van der Waals surface area contributed by atoms with Crippen molar-refractivity contribution >= 4 is 75.4 Å². The van der Waals surface area contributed by atoms with Crippen molar-refractivity contribution in [3.63, 3.8) is 0 Å². The predicted octanol–water partition coefficient (Wildman–Crippen LogP) is 4.37. The zero-order chi connectivity index (χ0) is 21.3. The molecule has 0 aliphatic carbocycles. The average Bonchev–Trinajstić information content (AvgIpc) is 2.65. The van der Waals surface area contributed by atoms with Crippen LogP contribution in [0.2, 0.25) is 10.0 Å². The van der Waals surface area contributed by atoms with Gasteiger partial charge in [0.05, 0.1) is 25.9 Å². The molecule has 1 aliphatic heterocycles. The Hall–Kier alpha value is -2.30. The monoisotopic (exact) mass is 546 g/mol. The second-order valence-corrected chi connectivity index (χ2v) is 7.82. The van der Waals surface area contributed by atoms with Crippen molar-refractivity contribution in [2.24, 2.45) is 0 Å². The Morgan fingerprint density at radius 1 is 1.17 bits per heavy atom. The number of nitrogens with one attached hydrogen (secondary N) is 1. The van der Waals surface area contributed by atoms with Crippen LogP contribution in [0.25, 0.3) is 6.08 Å². The van der Waals surface area contributed by atoms with Crippen molar-refractivity contribution in [3.05, 3.63) is 55.1 Å². The Kier molecular flexibility index (Phi) is 6.35. The summed E-state index contributed by atoms with van der Waals surface area (Å²) in [7, 11) is 0. The number of anilines is 1. The molecule has 0 atom stereocenters. The summed E-state index contributed by atoms with van der Waals surface area (Å²) < 4.78 is 5.85. The standard InChI is InChI=1S/C19H13Cl2IN2O5/c1-2-29-15-7-9(6-14(22)16(15)25)5-11-17(26)23-19(28)24(18(11)27)10-3-4-12(20)13(21)8-10/h3-8,25H,2H2,1H3,(H,23,26,28)/b11-5+. The van der Waals surface area contributed by atoms with E-state index in [1.165, 1.54) is 30.3 Å². The van der Waals surface area contributed by atoms with Gasteiger partial charge in [-0.2, -0.15) is 0 Å². The first kappa shape index (κ1) is 21.4. The van der Waals surface area contributed by atoms with Crippen molar-refractivity contribution in [1.29, 1.82) is 0 Å². The first-order chi connectivity index (χ1) is 13.7. The topological polar surface area (TPSA) is 95.9 Å². The van der Waals surface area contributed by atoms with E-state index in [1.54, 1.807) is 13.0 Å². The van der Waals surface area contributed by atoms with Gasteiger partial charge in [0, 0.05) is 0 Å². The van der Waals surface area contributed by atoms with Crippen LogP contribution < -0.4 is 15.0 Å². The molecule has 1 heterocycles. The van der Waals surface area contributed by atoms with Crippen LogP contribution in [-0.2, 0) is 9.59 Å². The number of hydrogen-bond acceptors (Lipinski definition) is 5. The van der Waals surface area contributed by atoms with Crippen molar-refractivity contribution < 1.29 is 24.2 Å². The molecule has 0 aromatic heterocycles. The summed E-state index contributed by atoms with van der Waals surface area (Å²) in [5.74, 6) is -1.48. The molecule has 3 rings (SSSR count). The number of rotatable bonds is 4. The Balaban J connectivity index is 2.05. The number of ether oxygens (including phenoxy) is 1. The normalized spacial score (nSPS) is 15.7. The Labute approximate surface area is 189 Å². The zero-order valence-electron chi connectivity index (χ0n) is 14.8. The quantitative estimate of drug-likeness (QED) is 0.337. The predicted molar refractivity (Wildman–Crippen MR) is 117 cm³/mol. The number of halogens is 3. The third kappa shape index (κ3) is 4.34. The van der Waals surface area contributed by atoms with Gasteiger partial charge >= 0.3 is 6.03 Å². The number of carbonyl (C=O) groups excluding carboxylic acids is 3. The van der Waals surface area contributed by atoms with Crippen LogP contribution in [0, 0.1) is 3.57 Å². The lowest BCUT2D eigenvalue weighted by Gasteiger charge is -2.26. The van der Waals surface area contributed by atoms with Crippen molar-refractivity contribution in [3.8, 4) is 11.5 Å². The van der Waals surface area contributed by atoms with Crippen molar-refractivity contribution in [2.75, 3.05) is 11.5 Å². The third-order valence-electron chi connectivity index (χ3n) is 3.92. The number of phenols is 1. The van der Waals surface area contributed by atoms with Crippen LogP contribution >= 0.6 is 45.8 Å². The Morgan fingerprint density at radius 2 is 1.90 bits per heavy atom. The van der Waals surface area contributed by atoms with Gasteiger partial charge in [-0.05, 0) is 71.5 Å². The van der Waals surface area contributed by atoms with Crippen LogP contribution in [0.1, 0.15) is 12.5 Å². The van der Waals surface area contributed by atoms with Gasteiger partial charge < -0.3 is 9.84 Å². The van der Waals surface area contributed by atoms with E-state index in [1.807, 2.05) is 22.6 Å². The molecule has 2 aromatic carbocycles. The molecule has 10 heteroatoms. The highest BCUT2D eigenvalue weighted by molar-refractivity contribution is 14.1. The van der Waals surface area contributed by atoms with E-state index in [0.717, 1.165) is 4.90 Å². The number of hydrogen-bond donors (Lipinski definition) is 2. The number of urea groups is 1. The minimum Gasteiger partial charge on any atom is -0.504 e. The number of imide groups is 2. The van der Waals surface area contributed by atoms with Crippen LogP contribution in [0.3, 0.4) is 0 Å². The first-order valence-electron chi connectivity index (χ1n) is 8.24. The summed E-state index contributed by atoms with van der Waals surface area (Å²) in [4.78, 5) is 38.3. The molecule has 0 unspecified atom stereocenters. The molecular formula is C19H13Cl2IN2O5. The summed E-state index contributed by atoms with van der Waals surface area (Å²) in [6.45, 7) is 2.08. The lowest BCUT2D eigenvalue weighted by atomic mass is 10.1. The molecule has 1 saturated heterocycles. The number of barbiturate groups is 1. The summed E-state index contributed by atoms with van der Waals surface area (Å²) in [5.41, 5.74) is 0.341. The highest BCUT2D eigenvalue weighted by Gasteiger charge is 2.37. The molecule has 1 fully saturated rings. The maximum atomic E-state index is 12.9. The maximum Gasteiger partial charge on any atom is 0.335 e. The summed E-state index contributed by atoms with van der Waals surface area (Å²) in [6, 6.07) is 6.41. The van der Waals surface area contributed by atoms with Crippen molar-refractivity contribution in [1.82, 2.24) is 5.32 Å². The molecule has 0 saturated carbocycles. The van der Waals surface area contributed by atoms with Crippen LogP contribution in [-0.4, -0.2) is 29.6 Å². The van der Waals surface area contributed by atoms with Gasteiger partial charge in [-0.25, -0.2) is 9.69 Å². The van der Waals surface area contributed by atoms with Gasteiger partial charge in [0.25, 0.3) is 11.8 Å². The van der Waals surface area contributed by atoms with Gasteiger partial charge in [0.2, 0.25) is 0 Å². The Bertz CT molecular complexity index is 1070. The van der Waals surface area contributed by atoms with E-state index >= 15 is 0 Å². The molecule has 29 heavy (non-hydrogen) atoms. The van der Waals surface area contributed by atoms with Gasteiger partial charge in [-0.1, -0.05) is 23.2 Å². The lowest BCUT2D eigenvalue weighted by Crippen LogP contribution is -2.54. The molecule has 150 valence electrons. The summed E-state index contributed by atoms with van der Waals surface area (Å²) >= 11 is 13.8. The molecule has 2 aromatic rings. The molecule has 0 spiro atoms. The van der Waals surface area contributed by atoms with E-state index in [0.29, 0.717) is 15.7 Å². The number of benzene rings is 2. The van der Waals surface area contributed by atoms with Crippen LogP contribution in [0.15, 0.2) is 35.9 Å². The molecule has 4 amide bonds. The minimum atomic E-state index is -0.897. The minimum absolute atomic E-state index is 0.0402. The molecular weight excluding hydrogens is 534 g/mol. The van der Waals surface area contributed by atoms with E-state index in [4.69, 9.17) is 27.9 Å². The number of aromatic hydroxyl groups is 1.